The van der Waals surface area contributed by atoms with Crippen LogP contribution in [0.5, 0.6) is 0 Å². The van der Waals surface area contributed by atoms with Crippen LogP contribution in [-0.4, -0.2) is 27.3 Å². The van der Waals surface area contributed by atoms with Gasteiger partial charge in [0.05, 0.1) is 5.69 Å². The molecule has 2 aliphatic rings. The highest BCUT2D eigenvalue weighted by atomic mass is 32.2. The van der Waals surface area contributed by atoms with Gasteiger partial charge in [0.2, 0.25) is 0 Å². The van der Waals surface area contributed by atoms with Crippen molar-refractivity contribution in [2.75, 3.05) is 23.3 Å². The van der Waals surface area contributed by atoms with Crippen LogP contribution in [0.2, 0.25) is 0 Å². The molecule has 126 valence electrons. The number of para-hydroxylation sites is 1. The first-order chi connectivity index (χ1) is 11.6. The Bertz CT molecular complexity index is 878. The smallest absolute Gasteiger partial charge is 0.286 e. The minimum Gasteiger partial charge on any atom is -0.437 e. The number of hydrogen-bond donors (Lipinski definition) is 1. The molecule has 0 unspecified atom stereocenters. The van der Waals surface area contributed by atoms with Crippen molar-refractivity contribution in [2.24, 2.45) is 4.40 Å². The lowest BCUT2D eigenvalue weighted by atomic mass is 10.2. The van der Waals surface area contributed by atoms with Gasteiger partial charge in [0.25, 0.3) is 10.0 Å². The minimum atomic E-state index is -3.71. The zero-order chi connectivity index (χ0) is 16.6. The van der Waals surface area contributed by atoms with E-state index in [1.807, 2.05) is 6.07 Å². The lowest BCUT2D eigenvalue weighted by molar-refractivity contribution is 0.536. The Morgan fingerprint density at radius 3 is 2.54 bits per heavy atom. The molecule has 1 N–H and O–H groups in total. The molecule has 0 radical (unpaired) electrons. The maximum Gasteiger partial charge on any atom is 0.286 e. The van der Waals surface area contributed by atoms with E-state index >= 15 is 0 Å². The largest absolute Gasteiger partial charge is 0.437 e. The maximum atomic E-state index is 12.3. The van der Waals surface area contributed by atoms with Crippen LogP contribution in [0.15, 0.2) is 50.1 Å². The lowest BCUT2D eigenvalue weighted by Gasteiger charge is -2.19. The fraction of sp³-hybridized carbons (Fsp3) is 0.353. The Balaban J connectivity index is 1.65. The first-order valence-corrected chi connectivity index (χ1v) is 9.64. The van der Waals surface area contributed by atoms with Gasteiger partial charge >= 0.3 is 0 Å². The summed E-state index contributed by atoms with van der Waals surface area (Å²) in [6.07, 6.45) is 4.79. The van der Waals surface area contributed by atoms with Crippen molar-refractivity contribution in [3.63, 3.8) is 0 Å². The molecule has 1 aromatic carbocycles. The number of amidine groups is 1. The topological polar surface area (TPSA) is 74.9 Å². The van der Waals surface area contributed by atoms with Gasteiger partial charge in [-0.25, -0.2) is 0 Å². The molecule has 0 atom stereocenters. The molecule has 0 amide bonds. The summed E-state index contributed by atoms with van der Waals surface area (Å²) in [5.74, 6) is 1.44. The van der Waals surface area contributed by atoms with Crippen LogP contribution >= 0.6 is 0 Å². The number of nitrogens with zero attached hydrogens (tertiary/aromatic N) is 2. The zero-order valence-corrected chi connectivity index (χ0v) is 14.1. The molecular formula is C17H19N3O3S. The van der Waals surface area contributed by atoms with Gasteiger partial charge in [-0.2, -0.15) is 8.42 Å². The number of furan rings is 1. The molecule has 2 aliphatic heterocycles. The molecule has 3 heterocycles. The Morgan fingerprint density at radius 2 is 1.75 bits per heavy atom. The number of sulfonamides is 1. The average molecular weight is 345 g/mol. The van der Waals surface area contributed by atoms with Crippen molar-refractivity contribution in [3.8, 4) is 0 Å². The summed E-state index contributed by atoms with van der Waals surface area (Å²) in [5, 5.41) is 3.06. The second kappa shape index (κ2) is 5.98. The summed E-state index contributed by atoms with van der Waals surface area (Å²) in [6, 6.07) is 10.4. The predicted octanol–water partition coefficient (Wildman–Crippen LogP) is 3.22. The molecule has 24 heavy (non-hydrogen) atoms. The monoisotopic (exact) mass is 345 g/mol. The first kappa shape index (κ1) is 15.3. The van der Waals surface area contributed by atoms with Crippen LogP contribution in [0.1, 0.15) is 31.4 Å². The quantitative estimate of drug-likeness (QED) is 0.904. The molecule has 0 saturated carbocycles. The standard InChI is InChI=1S/C17H19N3O3S/c21-24(22)15-8-4-3-7-13(15)18-17(19-24)14-9-10-16(23-14)20-11-5-1-2-6-12-20/h3-4,7-10H,1-2,5-6,11-12H2,(H,18,19). The molecule has 7 heteroatoms. The van der Waals surface area contributed by atoms with Gasteiger partial charge in [0, 0.05) is 19.2 Å². The molecule has 0 bridgehead atoms. The molecule has 1 aromatic heterocycles. The molecule has 2 aromatic rings. The molecule has 0 aliphatic carbocycles. The van der Waals surface area contributed by atoms with Gasteiger partial charge in [-0.05, 0) is 31.0 Å². The number of hydrogen-bond acceptors (Lipinski definition) is 5. The van der Waals surface area contributed by atoms with Crippen molar-refractivity contribution in [1.29, 1.82) is 0 Å². The SMILES string of the molecule is O=S1(=O)N=C(c2ccc(N3CCCCCC3)o2)Nc2ccccc21. The molecule has 4 rings (SSSR count). The third-order valence-corrected chi connectivity index (χ3v) is 5.71. The van der Waals surface area contributed by atoms with Gasteiger partial charge < -0.3 is 14.6 Å². The second-order valence-electron chi connectivity index (χ2n) is 6.08. The molecule has 1 fully saturated rings. The summed E-state index contributed by atoms with van der Waals surface area (Å²) >= 11 is 0. The summed E-state index contributed by atoms with van der Waals surface area (Å²) in [7, 11) is -3.71. The number of anilines is 2. The van der Waals surface area contributed by atoms with Gasteiger partial charge in [0.15, 0.2) is 17.5 Å². The van der Waals surface area contributed by atoms with E-state index in [1.165, 1.54) is 12.8 Å². The average Bonchev–Trinajstić information content (AvgIpc) is 2.90. The van der Waals surface area contributed by atoms with Crippen molar-refractivity contribution < 1.29 is 12.8 Å². The Hall–Kier alpha value is -2.28. The summed E-state index contributed by atoms with van der Waals surface area (Å²) in [6.45, 7) is 1.93. The molecule has 6 nitrogen and oxygen atoms in total. The van der Waals surface area contributed by atoms with E-state index < -0.39 is 10.0 Å². The molecule has 1 saturated heterocycles. The Morgan fingerprint density at radius 1 is 1.00 bits per heavy atom. The van der Waals surface area contributed by atoms with Crippen LogP contribution in [0.4, 0.5) is 11.6 Å². The van der Waals surface area contributed by atoms with Crippen molar-refractivity contribution >= 4 is 27.4 Å². The van der Waals surface area contributed by atoms with Crippen molar-refractivity contribution in [3.05, 3.63) is 42.2 Å². The van der Waals surface area contributed by atoms with Crippen LogP contribution in [0, 0.1) is 0 Å². The third kappa shape index (κ3) is 2.80. The van der Waals surface area contributed by atoms with Crippen LogP contribution in [-0.2, 0) is 10.0 Å². The van der Waals surface area contributed by atoms with E-state index in [-0.39, 0.29) is 10.7 Å². The summed E-state index contributed by atoms with van der Waals surface area (Å²) in [4.78, 5) is 2.40. The normalized spacial score (nSPS) is 19.8. The summed E-state index contributed by atoms with van der Waals surface area (Å²) in [5.41, 5.74) is 0.523. The van der Waals surface area contributed by atoms with Gasteiger partial charge in [-0.1, -0.05) is 25.0 Å². The van der Waals surface area contributed by atoms with Crippen molar-refractivity contribution in [1.82, 2.24) is 0 Å². The van der Waals surface area contributed by atoms with E-state index in [0.717, 1.165) is 31.8 Å². The summed E-state index contributed by atoms with van der Waals surface area (Å²) < 4.78 is 34.4. The van der Waals surface area contributed by atoms with E-state index in [2.05, 4.69) is 14.6 Å². The van der Waals surface area contributed by atoms with E-state index in [9.17, 15) is 8.42 Å². The number of rotatable bonds is 2. The highest BCUT2D eigenvalue weighted by Gasteiger charge is 2.27. The highest BCUT2D eigenvalue weighted by Crippen LogP contribution is 2.29. The van der Waals surface area contributed by atoms with E-state index in [4.69, 9.17) is 4.42 Å². The fourth-order valence-electron chi connectivity index (χ4n) is 3.14. The third-order valence-electron chi connectivity index (χ3n) is 4.37. The maximum absolute atomic E-state index is 12.3. The van der Waals surface area contributed by atoms with Crippen LogP contribution in [0.25, 0.3) is 0 Å². The predicted molar refractivity (Wildman–Crippen MR) is 93.2 cm³/mol. The van der Waals surface area contributed by atoms with Crippen molar-refractivity contribution in [2.45, 2.75) is 30.6 Å². The van der Waals surface area contributed by atoms with Gasteiger partial charge in [-0.3, -0.25) is 0 Å². The number of benzene rings is 1. The minimum absolute atomic E-state index is 0.188. The van der Waals surface area contributed by atoms with E-state index in [0.29, 0.717) is 11.4 Å². The lowest BCUT2D eigenvalue weighted by Crippen LogP contribution is -2.24. The highest BCUT2D eigenvalue weighted by molar-refractivity contribution is 7.90. The Labute approximate surface area is 141 Å². The molecule has 0 spiro atoms. The van der Waals surface area contributed by atoms with Crippen LogP contribution < -0.4 is 10.2 Å². The Kier molecular flexibility index (Phi) is 3.80. The van der Waals surface area contributed by atoms with Gasteiger partial charge in [0.1, 0.15) is 4.90 Å². The van der Waals surface area contributed by atoms with E-state index in [1.54, 1.807) is 30.3 Å². The second-order valence-corrected chi connectivity index (χ2v) is 7.65. The fourth-order valence-corrected chi connectivity index (χ4v) is 4.26. The number of nitrogens with one attached hydrogen (secondary N) is 1. The van der Waals surface area contributed by atoms with Crippen LogP contribution in [0.3, 0.4) is 0 Å². The molecular weight excluding hydrogens is 326 g/mol. The van der Waals surface area contributed by atoms with Gasteiger partial charge in [-0.15, -0.1) is 4.40 Å². The number of fused-ring (bicyclic) bond motifs is 1. The first-order valence-electron chi connectivity index (χ1n) is 8.20. The zero-order valence-electron chi connectivity index (χ0n) is 13.2.